The Morgan fingerprint density at radius 1 is 1.16 bits per heavy atom. The number of hydrogen-bond donors (Lipinski definition) is 1. The van der Waals surface area contributed by atoms with Gasteiger partial charge in [0.25, 0.3) is 0 Å². The lowest BCUT2D eigenvalue weighted by Crippen LogP contribution is -2.32. The van der Waals surface area contributed by atoms with Crippen molar-refractivity contribution in [1.82, 2.24) is 14.5 Å². The average Bonchev–Trinajstić information content (AvgIpc) is 3.35. The van der Waals surface area contributed by atoms with Gasteiger partial charge >= 0.3 is 0 Å². The molecule has 198 valence electrons. The van der Waals surface area contributed by atoms with Crippen molar-refractivity contribution in [1.29, 1.82) is 0 Å². The summed E-state index contributed by atoms with van der Waals surface area (Å²) in [5.41, 5.74) is 3.60. The number of anilines is 1. The Bertz CT molecular complexity index is 1310. The molecule has 1 amide bonds. The fourth-order valence-corrected chi connectivity index (χ4v) is 6.53. The zero-order valence-electron chi connectivity index (χ0n) is 21.0. The molecular formula is C26H31N4O5S2-. The van der Waals surface area contributed by atoms with Gasteiger partial charge in [-0.2, -0.15) is 4.31 Å². The number of carbonyl (C=O) groups is 1. The molecule has 1 aliphatic heterocycles. The fraction of sp³-hybridized carbons (Fsp3) is 0.385. The third-order valence-corrected chi connectivity index (χ3v) is 8.72. The molecule has 2 heterocycles. The maximum Gasteiger partial charge on any atom is 0.243 e. The second-order valence-electron chi connectivity index (χ2n) is 8.87. The number of carbonyl (C=O) groups excluding carboxylic acids is 1. The van der Waals surface area contributed by atoms with E-state index in [0.717, 1.165) is 35.2 Å². The predicted molar refractivity (Wildman–Crippen MR) is 145 cm³/mol. The van der Waals surface area contributed by atoms with Crippen molar-refractivity contribution in [3.8, 4) is 0 Å². The fourth-order valence-electron chi connectivity index (χ4n) is 4.15. The van der Waals surface area contributed by atoms with Gasteiger partial charge in [0.15, 0.2) is 5.13 Å². The molecule has 2 aromatic rings. The molecule has 1 N–H and O–H groups in total. The molecule has 0 unspecified atom stereocenters. The molecule has 0 bridgehead atoms. The molecule has 1 aromatic carbocycles. The molecule has 1 aromatic heterocycles. The van der Waals surface area contributed by atoms with Gasteiger partial charge in [-0.15, -0.1) is 11.3 Å². The predicted octanol–water partition coefficient (Wildman–Crippen LogP) is 4.87. The molecule has 0 atom stereocenters. The Morgan fingerprint density at radius 3 is 2.59 bits per heavy atom. The van der Waals surface area contributed by atoms with Crippen molar-refractivity contribution in [2.75, 3.05) is 25.0 Å². The van der Waals surface area contributed by atoms with Crippen LogP contribution in [-0.2, 0) is 26.1 Å². The monoisotopic (exact) mass is 543 g/mol. The summed E-state index contributed by atoms with van der Waals surface area (Å²) in [6.45, 7) is 5.11. The molecule has 0 radical (unpaired) electrons. The van der Waals surface area contributed by atoms with E-state index >= 15 is 0 Å². The summed E-state index contributed by atoms with van der Waals surface area (Å²) in [6.07, 6.45) is 8.35. The van der Waals surface area contributed by atoms with E-state index in [1.165, 1.54) is 15.6 Å². The lowest BCUT2D eigenvalue weighted by atomic mass is 9.96. The van der Waals surface area contributed by atoms with Crippen LogP contribution in [0.1, 0.15) is 50.8 Å². The Morgan fingerprint density at radius 2 is 1.89 bits per heavy atom. The Balaban J connectivity index is 1.31. The number of rotatable bonds is 11. The van der Waals surface area contributed by atoms with Gasteiger partial charge in [0, 0.05) is 37.9 Å². The molecule has 0 spiro atoms. The Hall–Kier alpha value is -2.83. The number of amides is 1. The first-order valence-corrected chi connectivity index (χ1v) is 14.7. The normalized spacial score (nSPS) is 15.9. The largest absolute Gasteiger partial charge is 0.752 e. The topological polar surface area (TPSA) is 115 Å². The third kappa shape index (κ3) is 6.74. The number of sulfonamides is 1. The summed E-state index contributed by atoms with van der Waals surface area (Å²) < 4.78 is 27.4. The van der Waals surface area contributed by atoms with Gasteiger partial charge in [0.05, 0.1) is 10.6 Å². The van der Waals surface area contributed by atoms with Crippen LogP contribution in [0, 0.1) is 5.21 Å². The van der Waals surface area contributed by atoms with Crippen LogP contribution in [0.15, 0.2) is 64.1 Å². The second kappa shape index (κ2) is 12.1. The maximum absolute atomic E-state index is 12.9. The molecule has 2 aliphatic rings. The number of aromatic nitrogens is 1. The maximum atomic E-state index is 12.9. The van der Waals surface area contributed by atoms with Crippen LogP contribution in [0.25, 0.3) is 5.57 Å². The van der Waals surface area contributed by atoms with Crippen LogP contribution in [0.3, 0.4) is 0 Å². The highest BCUT2D eigenvalue weighted by molar-refractivity contribution is 7.89. The average molecular weight is 544 g/mol. The van der Waals surface area contributed by atoms with E-state index < -0.39 is 10.0 Å². The summed E-state index contributed by atoms with van der Waals surface area (Å²) in [4.78, 5) is 22.5. The van der Waals surface area contributed by atoms with Crippen molar-refractivity contribution >= 4 is 38.0 Å². The molecule has 4 rings (SSSR count). The van der Waals surface area contributed by atoms with Crippen LogP contribution in [0.5, 0.6) is 0 Å². The van der Waals surface area contributed by atoms with Crippen molar-refractivity contribution in [2.45, 2.75) is 50.8 Å². The number of allylic oxidation sites excluding steroid dienone is 4. The van der Waals surface area contributed by atoms with E-state index in [1.54, 1.807) is 30.3 Å². The summed E-state index contributed by atoms with van der Waals surface area (Å²) >= 11 is 1.35. The van der Waals surface area contributed by atoms with E-state index in [4.69, 9.17) is 4.84 Å². The van der Waals surface area contributed by atoms with Gasteiger partial charge in [-0.25, -0.2) is 18.6 Å². The highest BCUT2D eigenvalue weighted by Gasteiger charge is 2.23. The van der Waals surface area contributed by atoms with Gasteiger partial charge < -0.3 is 15.4 Å². The molecule has 0 saturated heterocycles. The van der Waals surface area contributed by atoms with Gasteiger partial charge in [0.2, 0.25) is 15.9 Å². The number of hydroxylamine groups is 2. The summed E-state index contributed by atoms with van der Waals surface area (Å²) in [5, 5.41) is 17.1. The first-order chi connectivity index (χ1) is 17.8. The van der Waals surface area contributed by atoms with Crippen LogP contribution >= 0.6 is 11.3 Å². The summed E-state index contributed by atoms with van der Waals surface area (Å²) in [7, 11) is -3.52. The number of nitrogens with one attached hydrogen (secondary N) is 1. The first kappa shape index (κ1) is 27.2. The lowest BCUT2D eigenvalue weighted by molar-refractivity contribution is -0.116. The van der Waals surface area contributed by atoms with Crippen LogP contribution in [0.2, 0.25) is 0 Å². The minimum atomic E-state index is -3.52. The lowest BCUT2D eigenvalue weighted by Gasteiger charge is -2.33. The molecule has 0 saturated carbocycles. The van der Waals surface area contributed by atoms with E-state index in [1.807, 2.05) is 31.4 Å². The summed E-state index contributed by atoms with van der Waals surface area (Å²) in [5.74, 6) is 0.395. The number of fused-ring (bicyclic) bond motifs is 1. The molecule has 37 heavy (non-hydrogen) atoms. The zero-order valence-corrected chi connectivity index (χ0v) is 22.6. The molecule has 11 heteroatoms. The van der Waals surface area contributed by atoms with E-state index in [-0.39, 0.29) is 23.8 Å². The number of aryl methyl sites for hydroxylation is 1. The summed E-state index contributed by atoms with van der Waals surface area (Å²) in [6, 6.07) is 6.77. The van der Waals surface area contributed by atoms with Crippen LogP contribution in [0.4, 0.5) is 5.13 Å². The highest BCUT2D eigenvalue weighted by Crippen LogP contribution is 2.34. The SMILES string of the molecule is CCCN(CCC)S(=O)(=O)c1ccc(CCC(=O)Nc2nc(C3=CC=C4ON([O-])CC=C4C3)cs2)cc1. The standard InChI is InChI=1S/C26H31N4O5S2/c1-3-14-29(15-4-2)37(33,34)22-9-5-19(6-10-22)7-12-25(31)28-26-27-23(18-36-26)20-8-11-24-21(17-20)13-16-30(32)35-24/h5-6,8-11,13,18H,3-4,7,12,14-17H2,1-2H3,(H,27,28,31)/q-1. The molecular weight excluding hydrogens is 512 g/mol. The van der Waals surface area contributed by atoms with Crippen molar-refractivity contribution in [2.24, 2.45) is 0 Å². The minimum Gasteiger partial charge on any atom is -0.752 e. The smallest absolute Gasteiger partial charge is 0.243 e. The number of thiazole rings is 1. The first-order valence-electron chi connectivity index (χ1n) is 12.4. The minimum absolute atomic E-state index is 0.159. The quantitative estimate of drug-likeness (QED) is 0.430. The zero-order chi connectivity index (χ0) is 26.4. The Kier molecular flexibility index (Phi) is 8.93. The number of nitrogens with zero attached hydrogens (tertiary/aromatic N) is 3. The van der Waals surface area contributed by atoms with Gasteiger partial charge in [0.1, 0.15) is 5.76 Å². The van der Waals surface area contributed by atoms with Gasteiger partial charge in [-0.3, -0.25) is 4.79 Å². The van der Waals surface area contributed by atoms with Gasteiger partial charge in [-0.05, 0) is 54.2 Å². The Labute approximate surface area is 221 Å². The highest BCUT2D eigenvalue weighted by atomic mass is 32.2. The number of hydrogen-bond acceptors (Lipinski definition) is 8. The van der Waals surface area contributed by atoms with Crippen LogP contribution < -0.4 is 5.32 Å². The second-order valence-corrected chi connectivity index (χ2v) is 11.7. The molecule has 1 aliphatic carbocycles. The van der Waals surface area contributed by atoms with Crippen LogP contribution in [-0.4, -0.2) is 48.5 Å². The van der Waals surface area contributed by atoms with E-state index in [2.05, 4.69) is 10.3 Å². The van der Waals surface area contributed by atoms with Crippen molar-refractivity contribution in [3.05, 3.63) is 75.7 Å². The molecule has 9 nitrogen and oxygen atoms in total. The third-order valence-electron chi connectivity index (χ3n) is 6.05. The van der Waals surface area contributed by atoms with E-state index in [0.29, 0.717) is 42.0 Å². The number of benzene rings is 1. The van der Waals surface area contributed by atoms with Crippen molar-refractivity contribution < 1.29 is 18.0 Å². The van der Waals surface area contributed by atoms with Crippen molar-refractivity contribution in [3.63, 3.8) is 0 Å². The van der Waals surface area contributed by atoms with E-state index in [9.17, 15) is 18.4 Å². The van der Waals surface area contributed by atoms with Gasteiger partial charge in [-0.1, -0.05) is 38.1 Å². The molecule has 0 fully saturated rings.